The molecule has 1 unspecified atom stereocenters. The maximum absolute atomic E-state index is 6.21. The summed E-state index contributed by atoms with van der Waals surface area (Å²) >= 11 is 0. The molecular weight excluding hydrogens is 578 g/mol. The summed E-state index contributed by atoms with van der Waals surface area (Å²) < 4.78 is 18.2. The minimum atomic E-state index is 0.0414. The molecule has 0 aromatic rings. The molecule has 0 fully saturated rings. The van der Waals surface area contributed by atoms with Crippen molar-refractivity contribution >= 4 is 0 Å². The maximum atomic E-state index is 6.21. The maximum Gasteiger partial charge on any atom is 0.104 e. The van der Waals surface area contributed by atoms with Crippen LogP contribution in [0.1, 0.15) is 168 Å². The molecule has 4 nitrogen and oxygen atoms in total. The standard InChI is InChI=1S/C43H81NO3/c1-5-7-9-11-13-15-17-19-21-23-25-27-29-31-33-35-38-45-41-43(42-46-40-37-44(3)4)47-39-36-34-32-30-28-26-24-22-20-18-16-14-12-10-8-6-2/h13-16,19-22,43H,5-12,17-18,23-42H2,1-4H3/b15-13-,16-14-,21-19-,22-20-. The van der Waals surface area contributed by atoms with Gasteiger partial charge in [0.2, 0.25) is 0 Å². The Morgan fingerprint density at radius 1 is 0.426 bits per heavy atom. The summed E-state index contributed by atoms with van der Waals surface area (Å²) in [4.78, 5) is 2.15. The summed E-state index contributed by atoms with van der Waals surface area (Å²) in [6.07, 6.45) is 49.2. The Labute approximate surface area is 294 Å². The van der Waals surface area contributed by atoms with Gasteiger partial charge in [0.15, 0.2) is 0 Å². The molecule has 0 bridgehead atoms. The number of allylic oxidation sites excluding steroid dienone is 8. The third-order valence-electron chi connectivity index (χ3n) is 8.48. The highest BCUT2D eigenvalue weighted by Crippen LogP contribution is 2.11. The average molecular weight is 660 g/mol. The molecule has 1 atom stereocenters. The fraction of sp³-hybridized carbons (Fsp3) is 0.814. The second kappa shape index (κ2) is 41.0. The summed E-state index contributed by atoms with van der Waals surface area (Å²) in [6.45, 7) is 9.11. The molecule has 0 saturated carbocycles. The summed E-state index contributed by atoms with van der Waals surface area (Å²) in [5.74, 6) is 0. The van der Waals surface area contributed by atoms with E-state index in [0.717, 1.165) is 52.0 Å². The van der Waals surface area contributed by atoms with Crippen molar-refractivity contribution in [1.82, 2.24) is 4.90 Å². The second-order valence-electron chi connectivity index (χ2n) is 13.6. The molecule has 47 heavy (non-hydrogen) atoms. The van der Waals surface area contributed by atoms with Gasteiger partial charge in [-0.15, -0.1) is 0 Å². The van der Waals surface area contributed by atoms with E-state index in [-0.39, 0.29) is 6.10 Å². The summed E-state index contributed by atoms with van der Waals surface area (Å²) in [5, 5.41) is 0. The number of hydrogen-bond acceptors (Lipinski definition) is 4. The lowest BCUT2D eigenvalue weighted by atomic mass is 10.1. The van der Waals surface area contributed by atoms with Crippen molar-refractivity contribution in [2.24, 2.45) is 0 Å². The molecule has 276 valence electrons. The molecule has 0 aliphatic carbocycles. The van der Waals surface area contributed by atoms with Crippen molar-refractivity contribution in [3.05, 3.63) is 48.6 Å². The Balaban J connectivity index is 3.79. The topological polar surface area (TPSA) is 30.9 Å². The first-order chi connectivity index (χ1) is 23.2. The molecule has 0 aliphatic heterocycles. The molecule has 0 heterocycles. The van der Waals surface area contributed by atoms with Crippen LogP contribution in [-0.2, 0) is 14.2 Å². The molecule has 4 heteroatoms. The first-order valence-corrected chi connectivity index (χ1v) is 20.2. The van der Waals surface area contributed by atoms with Crippen LogP contribution in [0.25, 0.3) is 0 Å². The van der Waals surface area contributed by atoms with Crippen molar-refractivity contribution in [2.45, 2.75) is 174 Å². The van der Waals surface area contributed by atoms with Gasteiger partial charge in [0, 0.05) is 19.8 Å². The molecule has 0 saturated heterocycles. The van der Waals surface area contributed by atoms with Gasteiger partial charge in [0.1, 0.15) is 6.10 Å². The van der Waals surface area contributed by atoms with Crippen molar-refractivity contribution in [3.63, 3.8) is 0 Å². The van der Waals surface area contributed by atoms with Gasteiger partial charge in [0.25, 0.3) is 0 Å². The fourth-order valence-electron chi connectivity index (χ4n) is 5.35. The zero-order chi connectivity index (χ0) is 34.1. The highest BCUT2D eigenvalue weighted by Gasteiger charge is 2.10. The normalized spacial score (nSPS) is 13.1. The van der Waals surface area contributed by atoms with E-state index in [0.29, 0.717) is 13.2 Å². The lowest BCUT2D eigenvalue weighted by molar-refractivity contribution is -0.0623. The van der Waals surface area contributed by atoms with E-state index < -0.39 is 0 Å². The molecule has 0 aromatic carbocycles. The van der Waals surface area contributed by atoms with Crippen LogP contribution in [0, 0.1) is 0 Å². The quantitative estimate of drug-likeness (QED) is 0.0487. The van der Waals surface area contributed by atoms with Crippen LogP contribution in [0.5, 0.6) is 0 Å². The van der Waals surface area contributed by atoms with Crippen molar-refractivity contribution in [3.8, 4) is 0 Å². The number of hydrogen-bond donors (Lipinski definition) is 0. The summed E-state index contributed by atoms with van der Waals surface area (Å²) in [6, 6.07) is 0. The van der Waals surface area contributed by atoms with Gasteiger partial charge < -0.3 is 19.1 Å². The lowest BCUT2D eigenvalue weighted by Crippen LogP contribution is -2.28. The zero-order valence-electron chi connectivity index (χ0n) is 32.1. The van der Waals surface area contributed by atoms with E-state index in [2.05, 4.69) is 81.5 Å². The minimum absolute atomic E-state index is 0.0414. The van der Waals surface area contributed by atoms with Crippen LogP contribution >= 0.6 is 0 Å². The van der Waals surface area contributed by atoms with Crippen LogP contribution < -0.4 is 0 Å². The van der Waals surface area contributed by atoms with Crippen LogP contribution in [-0.4, -0.2) is 64.7 Å². The molecule has 0 N–H and O–H groups in total. The lowest BCUT2D eigenvalue weighted by Gasteiger charge is -2.19. The number of nitrogens with zero attached hydrogens (tertiary/aromatic N) is 1. The number of likely N-dealkylation sites (N-methyl/N-ethyl adjacent to an activating group) is 1. The molecule has 0 aromatic heterocycles. The van der Waals surface area contributed by atoms with E-state index in [9.17, 15) is 0 Å². The van der Waals surface area contributed by atoms with Gasteiger partial charge in [-0.3, -0.25) is 0 Å². The van der Waals surface area contributed by atoms with Crippen molar-refractivity contribution in [1.29, 1.82) is 0 Å². The number of rotatable bonds is 38. The van der Waals surface area contributed by atoms with Gasteiger partial charge in [-0.2, -0.15) is 0 Å². The predicted molar refractivity (Wildman–Crippen MR) is 209 cm³/mol. The minimum Gasteiger partial charge on any atom is -0.379 e. The van der Waals surface area contributed by atoms with E-state index in [1.807, 2.05) is 0 Å². The Morgan fingerprint density at radius 2 is 0.809 bits per heavy atom. The van der Waals surface area contributed by atoms with Gasteiger partial charge in [-0.05, 0) is 91.1 Å². The third kappa shape index (κ3) is 40.9. The Kier molecular flexibility index (Phi) is 39.9. The second-order valence-corrected chi connectivity index (χ2v) is 13.6. The smallest absolute Gasteiger partial charge is 0.104 e. The number of ether oxygens (including phenoxy) is 3. The van der Waals surface area contributed by atoms with Crippen molar-refractivity contribution in [2.75, 3.05) is 53.7 Å². The van der Waals surface area contributed by atoms with E-state index in [1.54, 1.807) is 0 Å². The fourth-order valence-corrected chi connectivity index (χ4v) is 5.35. The first kappa shape index (κ1) is 45.8. The third-order valence-corrected chi connectivity index (χ3v) is 8.48. The van der Waals surface area contributed by atoms with E-state index in [4.69, 9.17) is 14.2 Å². The van der Waals surface area contributed by atoms with Crippen molar-refractivity contribution < 1.29 is 14.2 Å². The molecule has 0 aliphatic rings. The van der Waals surface area contributed by atoms with Crippen LogP contribution in [0.3, 0.4) is 0 Å². The van der Waals surface area contributed by atoms with Gasteiger partial charge in [-0.25, -0.2) is 0 Å². The van der Waals surface area contributed by atoms with E-state index >= 15 is 0 Å². The summed E-state index contributed by atoms with van der Waals surface area (Å²) in [5.41, 5.74) is 0. The summed E-state index contributed by atoms with van der Waals surface area (Å²) in [7, 11) is 4.16. The Bertz CT molecular complexity index is 699. The van der Waals surface area contributed by atoms with Crippen LogP contribution in [0.4, 0.5) is 0 Å². The van der Waals surface area contributed by atoms with Gasteiger partial charge in [0.05, 0.1) is 19.8 Å². The highest BCUT2D eigenvalue weighted by molar-refractivity contribution is 4.93. The van der Waals surface area contributed by atoms with Crippen LogP contribution in [0.2, 0.25) is 0 Å². The van der Waals surface area contributed by atoms with Gasteiger partial charge in [-0.1, -0.05) is 140 Å². The molecule has 0 radical (unpaired) electrons. The molecule has 0 spiro atoms. The Hall–Kier alpha value is -1.20. The zero-order valence-corrected chi connectivity index (χ0v) is 32.1. The average Bonchev–Trinajstić information content (AvgIpc) is 3.07. The Morgan fingerprint density at radius 3 is 1.26 bits per heavy atom. The molecule has 0 rings (SSSR count). The number of unbranched alkanes of at least 4 members (excludes halogenated alkanes) is 18. The first-order valence-electron chi connectivity index (χ1n) is 20.2. The van der Waals surface area contributed by atoms with Crippen LogP contribution in [0.15, 0.2) is 48.6 Å². The largest absolute Gasteiger partial charge is 0.379 e. The molecule has 0 amide bonds. The monoisotopic (exact) mass is 660 g/mol. The van der Waals surface area contributed by atoms with E-state index in [1.165, 1.54) is 128 Å². The SMILES string of the molecule is CCCCC/C=C\C/C=C\CCCCCCCCOCC(COCCN(C)C)OCCCCCCCC/C=C\C/C=C\CCCCC. The highest BCUT2D eigenvalue weighted by atomic mass is 16.6. The van der Waals surface area contributed by atoms with Gasteiger partial charge >= 0.3 is 0 Å². The molecular formula is C43H81NO3. The predicted octanol–water partition coefficient (Wildman–Crippen LogP) is 12.6.